The highest BCUT2D eigenvalue weighted by Gasteiger charge is 2.15. The number of hydrogen-bond acceptors (Lipinski definition) is 4. The molecule has 0 amide bonds. The van der Waals surface area contributed by atoms with Crippen molar-refractivity contribution >= 4 is 23.4 Å². The number of carboxylic acid groups (broad SMARTS) is 1. The fourth-order valence-electron chi connectivity index (χ4n) is 1.83. The van der Waals surface area contributed by atoms with Crippen LogP contribution in [0.15, 0.2) is 12.4 Å². The number of aliphatic carboxylic acids is 1. The zero-order chi connectivity index (χ0) is 13.5. The van der Waals surface area contributed by atoms with Crippen LogP contribution in [0.4, 0.5) is 5.82 Å². The van der Waals surface area contributed by atoms with E-state index in [9.17, 15) is 4.79 Å². The molecule has 0 saturated carbocycles. The molecule has 18 heavy (non-hydrogen) atoms. The first kappa shape index (κ1) is 14.7. The Labute approximate surface area is 112 Å². The summed E-state index contributed by atoms with van der Waals surface area (Å²) >= 11 is 5.72. The highest BCUT2D eigenvalue weighted by atomic mass is 35.5. The van der Waals surface area contributed by atoms with Gasteiger partial charge in [-0.25, -0.2) is 4.98 Å². The van der Waals surface area contributed by atoms with Crippen molar-refractivity contribution in [3.05, 3.63) is 17.5 Å². The van der Waals surface area contributed by atoms with E-state index in [4.69, 9.17) is 16.7 Å². The molecule has 0 aliphatic carbocycles. The second-order valence-corrected chi connectivity index (χ2v) is 5.09. The van der Waals surface area contributed by atoms with Gasteiger partial charge in [0.25, 0.3) is 0 Å². The van der Waals surface area contributed by atoms with E-state index in [2.05, 4.69) is 29.1 Å². The number of halogens is 1. The lowest BCUT2D eigenvalue weighted by molar-refractivity contribution is -0.138. The molecule has 0 radical (unpaired) electrons. The highest BCUT2D eigenvalue weighted by molar-refractivity contribution is 6.29. The molecule has 6 heteroatoms. The van der Waals surface area contributed by atoms with Crippen molar-refractivity contribution in [1.29, 1.82) is 0 Å². The van der Waals surface area contributed by atoms with Crippen LogP contribution in [0, 0.1) is 11.8 Å². The molecular formula is C12H18ClN3O2. The van der Waals surface area contributed by atoms with Gasteiger partial charge in [0.2, 0.25) is 0 Å². The minimum absolute atomic E-state index is 0.0725. The van der Waals surface area contributed by atoms with Crippen molar-refractivity contribution in [3.8, 4) is 0 Å². The largest absolute Gasteiger partial charge is 0.481 e. The first-order chi connectivity index (χ1) is 8.47. The Bertz CT molecular complexity index is 399. The van der Waals surface area contributed by atoms with E-state index in [1.807, 2.05) is 0 Å². The van der Waals surface area contributed by atoms with Crippen LogP contribution in [-0.4, -0.2) is 27.6 Å². The lowest BCUT2D eigenvalue weighted by atomic mass is 9.94. The lowest BCUT2D eigenvalue weighted by Crippen LogP contribution is -2.20. The lowest BCUT2D eigenvalue weighted by Gasteiger charge is -2.17. The van der Waals surface area contributed by atoms with Gasteiger partial charge in [-0.1, -0.05) is 25.4 Å². The number of nitrogens with zero attached hydrogens (tertiary/aromatic N) is 2. The van der Waals surface area contributed by atoms with Gasteiger partial charge in [-0.05, 0) is 18.3 Å². The monoisotopic (exact) mass is 271 g/mol. The Hall–Kier alpha value is -1.36. The zero-order valence-electron chi connectivity index (χ0n) is 10.6. The summed E-state index contributed by atoms with van der Waals surface area (Å²) in [5, 5.41) is 12.3. The molecule has 1 unspecified atom stereocenters. The smallest absolute Gasteiger partial charge is 0.303 e. The third-order valence-corrected chi connectivity index (χ3v) is 2.63. The molecule has 1 rings (SSSR count). The van der Waals surface area contributed by atoms with Gasteiger partial charge in [0.1, 0.15) is 11.0 Å². The summed E-state index contributed by atoms with van der Waals surface area (Å²) < 4.78 is 0. The number of carboxylic acids is 1. The third kappa shape index (κ3) is 5.82. The van der Waals surface area contributed by atoms with Gasteiger partial charge in [-0.2, -0.15) is 0 Å². The zero-order valence-corrected chi connectivity index (χ0v) is 11.3. The molecule has 0 fully saturated rings. The van der Waals surface area contributed by atoms with Gasteiger partial charge in [-0.15, -0.1) is 0 Å². The average molecular weight is 272 g/mol. The number of rotatable bonds is 7. The molecule has 2 N–H and O–H groups in total. The van der Waals surface area contributed by atoms with Gasteiger partial charge in [0, 0.05) is 13.0 Å². The molecule has 0 saturated heterocycles. The predicted octanol–water partition coefficient (Wildman–Crippen LogP) is 2.68. The number of aromatic nitrogens is 2. The maximum Gasteiger partial charge on any atom is 0.303 e. The van der Waals surface area contributed by atoms with Gasteiger partial charge < -0.3 is 10.4 Å². The molecule has 100 valence electrons. The Kier molecular flexibility index (Phi) is 5.85. The second kappa shape index (κ2) is 7.16. The van der Waals surface area contributed by atoms with Crippen LogP contribution in [0.2, 0.25) is 5.15 Å². The molecule has 1 heterocycles. The third-order valence-electron chi connectivity index (χ3n) is 2.45. The van der Waals surface area contributed by atoms with E-state index in [1.54, 1.807) is 6.20 Å². The number of anilines is 1. The van der Waals surface area contributed by atoms with Crippen LogP contribution in [0.3, 0.4) is 0 Å². The quantitative estimate of drug-likeness (QED) is 0.797. The molecule has 1 aromatic rings. The van der Waals surface area contributed by atoms with Crippen LogP contribution in [0.1, 0.15) is 26.7 Å². The maximum absolute atomic E-state index is 10.8. The van der Waals surface area contributed by atoms with Gasteiger partial charge >= 0.3 is 5.97 Å². The van der Waals surface area contributed by atoms with E-state index >= 15 is 0 Å². The van der Waals surface area contributed by atoms with Crippen LogP contribution in [0.5, 0.6) is 0 Å². The Balaban J connectivity index is 2.52. The number of carbonyl (C=O) groups is 1. The summed E-state index contributed by atoms with van der Waals surface area (Å²) in [5.74, 6) is 0.325. The Morgan fingerprint density at radius 1 is 1.50 bits per heavy atom. The molecule has 0 aliphatic rings. The molecule has 0 bridgehead atoms. The van der Waals surface area contributed by atoms with Crippen molar-refractivity contribution in [2.24, 2.45) is 11.8 Å². The van der Waals surface area contributed by atoms with E-state index in [0.717, 1.165) is 6.42 Å². The van der Waals surface area contributed by atoms with Gasteiger partial charge in [0.05, 0.1) is 12.4 Å². The van der Waals surface area contributed by atoms with Crippen LogP contribution < -0.4 is 5.32 Å². The number of hydrogen-bond donors (Lipinski definition) is 2. The standard InChI is InChI=1S/C12H18ClN3O2/c1-8(2)3-9(4-12(17)18)5-15-11-7-14-6-10(13)16-11/h6-9H,3-5H2,1-2H3,(H,15,16)(H,17,18). The fraction of sp³-hybridized carbons (Fsp3) is 0.583. The molecule has 0 spiro atoms. The topological polar surface area (TPSA) is 75.1 Å². The van der Waals surface area contributed by atoms with Crippen LogP contribution in [0.25, 0.3) is 0 Å². The predicted molar refractivity (Wildman–Crippen MR) is 70.7 cm³/mol. The normalized spacial score (nSPS) is 12.4. The van der Waals surface area contributed by atoms with Crippen molar-refractivity contribution < 1.29 is 9.90 Å². The molecule has 0 aromatic carbocycles. The van der Waals surface area contributed by atoms with E-state index < -0.39 is 5.97 Å². The van der Waals surface area contributed by atoms with E-state index in [-0.39, 0.29) is 12.3 Å². The summed E-state index contributed by atoms with van der Waals surface area (Å²) in [6.07, 6.45) is 4.03. The van der Waals surface area contributed by atoms with Crippen LogP contribution >= 0.6 is 11.6 Å². The summed E-state index contributed by atoms with van der Waals surface area (Å²) in [6, 6.07) is 0. The van der Waals surface area contributed by atoms with Crippen molar-refractivity contribution in [2.45, 2.75) is 26.7 Å². The van der Waals surface area contributed by atoms with Gasteiger partial charge in [-0.3, -0.25) is 9.78 Å². The average Bonchev–Trinajstić information content (AvgIpc) is 2.24. The molecule has 1 aromatic heterocycles. The minimum Gasteiger partial charge on any atom is -0.481 e. The maximum atomic E-state index is 10.8. The SMILES string of the molecule is CC(C)CC(CNc1cncc(Cl)n1)CC(=O)O. The molecule has 5 nitrogen and oxygen atoms in total. The first-order valence-corrected chi connectivity index (χ1v) is 6.28. The number of nitrogens with one attached hydrogen (secondary N) is 1. The van der Waals surface area contributed by atoms with Crippen molar-refractivity contribution in [3.63, 3.8) is 0 Å². The minimum atomic E-state index is -0.778. The Morgan fingerprint density at radius 3 is 2.78 bits per heavy atom. The first-order valence-electron chi connectivity index (χ1n) is 5.90. The fourth-order valence-corrected chi connectivity index (χ4v) is 1.98. The highest BCUT2D eigenvalue weighted by Crippen LogP contribution is 2.16. The summed E-state index contributed by atoms with van der Waals surface area (Å²) in [5.41, 5.74) is 0. The van der Waals surface area contributed by atoms with Crippen molar-refractivity contribution in [2.75, 3.05) is 11.9 Å². The van der Waals surface area contributed by atoms with Crippen LogP contribution in [-0.2, 0) is 4.79 Å². The second-order valence-electron chi connectivity index (χ2n) is 4.70. The molecular weight excluding hydrogens is 254 g/mol. The molecule has 0 aliphatic heterocycles. The summed E-state index contributed by atoms with van der Waals surface area (Å²) in [7, 11) is 0. The summed E-state index contributed by atoms with van der Waals surface area (Å²) in [4.78, 5) is 18.7. The van der Waals surface area contributed by atoms with E-state index in [1.165, 1.54) is 6.20 Å². The molecule has 1 atom stereocenters. The van der Waals surface area contributed by atoms with Crippen molar-refractivity contribution in [1.82, 2.24) is 9.97 Å². The van der Waals surface area contributed by atoms with Gasteiger partial charge in [0.15, 0.2) is 0 Å². The summed E-state index contributed by atoms with van der Waals surface area (Å²) in [6.45, 7) is 4.71. The Morgan fingerprint density at radius 2 is 2.22 bits per heavy atom. The van der Waals surface area contributed by atoms with E-state index in [0.29, 0.717) is 23.4 Å².